The molecule has 0 aliphatic rings. The number of alkyl halides is 3. The van der Waals surface area contributed by atoms with E-state index in [4.69, 9.17) is 28.0 Å². The molecule has 0 bridgehead atoms. The normalized spacial score (nSPS) is 13.8. The molecule has 0 aliphatic carbocycles. The second-order valence-corrected chi connectivity index (χ2v) is 8.48. The van der Waals surface area contributed by atoms with Gasteiger partial charge >= 0.3 is 15.5 Å². The van der Waals surface area contributed by atoms with Crippen LogP contribution in [0.1, 0.15) is 37.5 Å². The first-order chi connectivity index (χ1) is 13.4. The van der Waals surface area contributed by atoms with E-state index in [9.17, 15) is 21.6 Å². The lowest BCUT2D eigenvalue weighted by atomic mass is 10.1. The van der Waals surface area contributed by atoms with Crippen LogP contribution < -0.4 is 4.72 Å². The van der Waals surface area contributed by atoms with Gasteiger partial charge in [0.25, 0.3) is 0 Å². The average molecular weight is 469 g/mol. The molecule has 0 aliphatic heterocycles. The molecule has 0 saturated carbocycles. The van der Waals surface area contributed by atoms with E-state index in [1.807, 2.05) is 0 Å². The zero-order valence-electron chi connectivity index (χ0n) is 15.3. The molecular weight excluding hydrogens is 452 g/mol. The highest BCUT2D eigenvalue weighted by Crippen LogP contribution is 2.30. The van der Waals surface area contributed by atoms with Gasteiger partial charge in [-0.2, -0.15) is 21.6 Å². The highest BCUT2D eigenvalue weighted by Gasteiger charge is 2.46. The molecule has 0 saturated heterocycles. The molecule has 11 heteroatoms. The monoisotopic (exact) mass is 468 g/mol. The summed E-state index contributed by atoms with van der Waals surface area (Å²) in [7, 11) is -5.61. The van der Waals surface area contributed by atoms with Crippen LogP contribution in [0.5, 0.6) is 0 Å². The molecule has 1 N–H and O–H groups in total. The van der Waals surface area contributed by atoms with Crippen molar-refractivity contribution < 1.29 is 26.4 Å². The van der Waals surface area contributed by atoms with Gasteiger partial charge in [-0.15, -0.1) is 0 Å². The van der Waals surface area contributed by atoms with E-state index in [0.29, 0.717) is 5.02 Å². The maximum atomic E-state index is 12.7. The predicted octanol–water partition coefficient (Wildman–Crippen LogP) is 6.15. The molecule has 1 atom stereocenters. The molecule has 2 aromatic carbocycles. The third kappa shape index (κ3) is 6.01. The van der Waals surface area contributed by atoms with Gasteiger partial charge in [-0.1, -0.05) is 47.4 Å². The zero-order valence-corrected chi connectivity index (χ0v) is 17.6. The molecule has 0 radical (unpaired) electrons. The van der Waals surface area contributed by atoms with Crippen molar-refractivity contribution in [2.75, 3.05) is 4.72 Å². The standard InChI is InChI=1S/C18H17Cl2F3N2O3S/c1-3-16(24-28-11(2)12-4-6-13(19)7-5-12)15-10-14(20)8-9-17(15)25-29(26,27)18(21,22)23/h4-11,25H,3H2,1-2H3/b24-16+. The van der Waals surface area contributed by atoms with Crippen molar-refractivity contribution in [3.63, 3.8) is 0 Å². The van der Waals surface area contributed by atoms with Crippen LogP contribution in [0, 0.1) is 0 Å². The summed E-state index contributed by atoms with van der Waals surface area (Å²) in [4.78, 5) is 5.47. The average Bonchev–Trinajstić information content (AvgIpc) is 2.63. The molecule has 2 aromatic rings. The van der Waals surface area contributed by atoms with Gasteiger partial charge in [0.2, 0.25) is 0 Å². The number of halogens is 5. The van der Waals surface area contributed by atoms with E-state index in [0.717, 1.165) is 11.6 Å². The Morgan fingerprint density at radius 3 is 2.28 bits per heavy atom. The largest absolute Gasteiger partial charge is 0.516 e. The fourth-order valence-corrected chi connectivity index (χ4v) is 3.17. The van der Waals surface area contributed by atoms with E-state index >= 15 is 0 Å². The lowest BCUT2D eigenvalue weighted by molar-refractivity contribution is -0.0429. The van der Waals surface area contributed by atoms with E-state index in [1.54, 1.807) is 38.1 Å². The van der Waals surface area contributed by atoms with E-state index in [-0.39, 0.29) is 28.4 Å². The summed E-state index contributed by atoms with van der Waals surface area (Å²) in [6.07, 6.45) is -0.239. The topological polar surface area (TPSA) is 67.8 Å². The number of nitrogens with one attached hydrogen (secondary N) is 1. The molecule has 0 heterocycles. The summed E-state index contributed by atoms with van der Waals surface area (Å²) in [5, 5.41) is 4.77. The SMILES string of the molecule is CC/C(=N\OC(C)c1ccc(Cl)cc1)c1cc(Cl)ccc1NS(=O)(=O)C(F)(F)F. The van der Waals surface area contributed by atoms with Crippen molar-refractivity contribution in [2.24, 2.45) is 5.16 Å². The van der Waals surface area contributed by atoms with E-state index in [2.05, 4.69) is 5.16 Å². The lowest BCUT2D eigenvalue weighted by Gasteiger charge is -2.16. The van der Waals surface area contributed by atoms with Gasteiger partial charge < -0.3 is 4.84 Å². The van der Waals surface area contributed by atoms with Crippen LogP contribution in [0.25, 0.3) is 0 Å². The first-order valence-electron chi connectivity index (χ1n) is 8.31. The van der Waals surface area contributed by atoms with Crippen LogP contribution in [-0.2, 0) is 14.9 Å². The molecule has 0 aromatic heterocycles. The molecule has 2 rings (SSSR count). The second kappa shape index (κ2) is 9.23. The summed E-state index contributed by atoms with van der Waals surface area (Å²) in [5.74, 6) is 0. The van der Waals surface area contributed by atoms with Crippen molar-refractivity contribution in [1.82, 2.24) is 0 Å². The number of benzene rings is 2. The smallest absolute Gasteiger partial charge is 0.388 e. The Morgan fingerprint density at radius 1 is 1.14 bits per heavy atom. The van der Waals surface area contributed by atoms with Crippen LogP contribution >= 0.6 is 23.2 Å². The molecule has 0 spiro atoms. The number of hydrogen-bond acceptors (Lipinski definition) is 4. The van der Waals surface area contributed by atoms with Gasteiger partial charge in [0.05, 0.1) is 11.4 Å². The fourth-order valence-electron chi connectivity index (χ4n) is 2.29. The van der Waals surface area contributed by atoms with Gasteiger partial charge in [-0.3, -0.25) is 4.72 Å². The number of oxime groups is 1. The number of nitrogens with zero attached hydrogens (tertiary/aromatic N) is 1. The Labute approximate surface area is 176 Å². The minimum atomic E-state index is -5.61. The Balaban J connectivity index is 2.35. The maximum absolute atomic E-state index is 12.7. The van der Waals surface area contributed by atoms with E-state index in [1.165, 1.54) is 16.9 Å². The van der Waals surface area contributed by atoms with Crippen molar-refractivity contribution in [3.05, 3.63) is 63.6 Å². The first kappa shape index (κ1) is 23.3. The van der Waals surface area contributed by atoms with Gasteiger partial charge in [-0.05, 0) is 49.2 Å². The third-order valence-corrected chi connectivity index (χ3v) is 5.42. The van der Waals surface area contributed by atoms with Crippen LogP contribution in [0.15, 0.2) is 47.6 Å². The minimum absolute atomic E-state index is 0.0798. The number of sulfonamides is 1. The minimum Gasteiger partial charge on any atom is -0.388 e. The summed E-state index contributed by atoms with van der Waals surface area (Å²) in [6, 6.07) is 10.6. The Hall–Kier alpha value is -1.97. The van der Waals surface area contributed by atoms with Gasteiger partial charge in [0, 0.05) is 15.6 Å². The molecule has 0 fully saturated rings. The molecule has 29 heavy (non-hydrogen) atoms. The summed E-state index contributed by atoms with van der Waals surface area (Å²) >= 11 is 11.8. The molecular formula is C18H17Cl2F3N2O3S. The van der Waals surface area contributed by atoms with Crippen molar-refractivity contribution in [2.45, 2.75) is 31.9 Å². The van der Waals surface area contributed by atoms with E-state index < -0.39 is 21.6 Å². The number of anilines is 1. The van der Waals surface area contributed by atoms with Gasteiger partial charge in [0.15, 0.2) is 0 Å². The van der Waals surface area contributed by atoms with Crippen LogP contribution in [0.3, 0.4) is 0 Å². The Kier molecular flexibility index (Phi) is 7.42. The lowest BCUT2D eigenvalue weighted by Crippen LogP contribution is -2.30. The zero-order chi connectivity index (χ0) is 21.8. The predicted molar refractivity (Wildman–Crippen MR) is 108 cm³/mol. The van der Waals surface area contributed by atoms with Crippen LogP contribution in [0.4, 0.5) is 18.9 Å². The number of rotatable bonds is 7. The maximum Gasteiger partial charge on any atom is 0.516 e. The summed E-state index contributed by atoms with van der Waals surface area (Å²) < 4.78 is 62.8. The first-order valence-corrected chi connectivity index (χ1v) is 10.6. The van der Waals surface area contributed by atoms with Crippen LogP contribution in [0.2, 0.25) is 10.0 Å². The molecule has 158 valence electrons. The van der Waals surface area contributed by atoms with Crippen LogP contribution in [-0.4, -0.2) is 19.6 Å². The Bertz CT molecular complexity index is 994. The van der Waals surface area contributed by atoms with Crippen molar-refractivity contribution in [1.29, 1.82) is 0 Å². The highest BCUT2D eigenvalue weighted by atomic mass is 35.5. The molecule has 0 amide bonds. The number of hydrogen-bond donors (Lipinski definition) is 1. The Morgan fingerprint density at radius 2 is 1.72 bits per heavy atom. The quantitative estimate of drug-likeness (QED) is 0.391. The summed E-state index contributed by atoms with van der Waals surface area (Å²) in [5.41, 5.74) is -4.70. The van der Waals surface area contributed by atoms with Crippen molar-refractivity contribution in [3.8, 4) is 0 Å². The van der Waals surface area contributed by atoms with Gasteiger partial charge in [0.1, 0.15) is 6.10 Å². The highest BCUT2D eigenvalue weighted by molar-refractivity contribution is 7.93. The molecule has 1 unspecified atom stereocenters. The second-order valence-electron chi connectivity index (χ2n) is 5.93. The third-order valence-electron chi connectivity index (χ3n) is 3.84. The van der Waals surface area contributed by atoms with Crippen molar-refractivity contribution >= 4 is 44.6 Å². The van der Waals surface area contributed by atoms with Gasteiger partial charge in [-0.25, -0.2) is 0 Å². The summed E-state index contributed by atoms with van der Waals surface area (Å²) in [6.45, 7) is 3.42. The molecule has 5 nitrogen and oxygen atoms in total. The fraction of sp³-hybridized carbons (Fsp3) is 0.278.